The molecular formula is C15H16KNO3. The first kappa shape index (κ1) is 19.0. The van der Waals surface area contributed by atoms with Crippen LogP contribution in [0.1, 0.15) is 6.92 Å². The van der Waals surface area contributed by atoms with Gasteiger partial charge in [0.05, 0.1) is 0 Å². The van der Waals surface area contributed by atoms with Gasteiger partial charge in [0.2, 0.25) is 0 Å². The summed E-state index contributed by atoms with van der Waals surface area (Å²) in [4.78, 5) is 13.8. The van der Waals surface area contributed by atoms with E-state index in [0.717, 1.165) is 11.5 Å². The van der Waals surface area contributed by atoms with Crippen LogP contribution in [0.4, 0.5) is 0 Å². The number of fused-ring (bicyclic) bond motifs is 1. The minimum atomic E-state index is -0.914. The Morgan fingerprint density at radius 2 is 1.90 bits per heavy atom. The van der Waals surface area contributed by atoms with Crippen molar-refractivity contribution >= 4 is 68.3 Å². The van der Waals surface area contributed by atoms with Crippen LogP contribution in [0.3, 0.4) is 0 Å². The molecular weight excluding hydrogens is 281 g/mol. The van der Waals surface area contributed by atoms with Crippen LogP contribution in [0.5, 0.6) is 5.75 Å². The standard InChI is InChI=1S/C9H7NO.C6H8O2.K.H/c11-8-5-1-3-7-4-2-6-10-9(7)8;1-2-3-4-5-6(7)8;;/h1-6,11H;2-5H,1H3,(H,7,8);;/b;3-2+,5-4+;;. The van der Waals surface area contributed by atoms with Crippen molar-refractivity contribution in [1.29, 1.82) is 0 Å². The number of phenols is 1. The summed E-state index contributed by atoms with van der Waals surface area (Å²) in [5, 5.41) is 18.3. The summed E-state index contributed by atoms with van der Waals surface area (Å²) in [6.45, 7) is 1.83. The molecule has 2 aromatic rings. The second-order valence-electron chi connectivity index (χ2n) is 3.58. The predicted octanol–water partition coefficient (Wildman–Crippen LogP) is 2.50. The Kier molecular flexibility index (Phi) is 10.2. The first-order chi connectivity index (χ1) is 9.15. The van der Waals surface area contributed by atoms with Crippen LogP contribution in [0, 0.1) is 0 Å². The number of pyridine rings is 1. The van der Waals surface area contributed by atoms with Gasteiger partial charge in [0.1, 0.15) is 11.3 Å². The Hall–Kier alpha value is -0.984. The number of carbonyl (C=O) groups is 1. The van der Waals surface area contributed by atoms with Crippen molar-refractivity contribution in [3.63, 3.8) is 0 Å². The van der Waals surface area contributed by atoms with Crippen molar-refractivity contribution in [2.45, 2.75) is 6.92 Å². The van der Waals surface area contributed by atoms with E-state index in [-0.39, 0.29) is 57.1 Å². The first-order valence-corrected chi connectivity index (χ1v) is 5.70. The summed E-state index contributed by atoms with van der Waals surface area (Å²) in [5.41, 5.74) is 0.662. The molecule has 1 aromatic carbocycles. The zero-order valence-corrected chi connectivity index (χ0v) is 10.5. The third kappa shape index (κ3) is 6.98. The molecule has 0 atom stereocenters. The Labute approximate surface area is 160 Å². The third-order valence-electron chi connectivity index (χ3n) is 2.15. The number of carboxylic acid groups (broad SMARTS) is 1. The number of para-hydroxylation sites is 1. The fourth-order valence-corrected chi connectivity index (χ4v) is 1.34. The topological polar surface area (TPSA) is 70.4 Å². The third-order valence-corrected chi connectivity index (χ3v) is 2.15. The number of hydrogen-bond donors (Lipinski definition) is 2. The van der Waals surface area contributed by atoms with E-state index < -0.39 is 5.97 Å². The Balaban J connectivity index is 0.000000364. The van der Waals surface area contributed by atoms with E-state index in [1.807, 2.05) is 25.1 Å². The van der Waals surface area contributed by atoms with E-state index in [2.05, 4.69) is 4.98 Å². The van der Waals surface area contributed by atoms with Crippen LogP contribution in [-0.4, -0.2) is 72.6 Å². The van der Waals surface area contributed by atoms with E-state index in [1.54, 1.807) is 30.5 Å². The quantitative estimate of drug-likeness (QED) is 0.507. The van der Waals surface area contributed by atoms with E-state index in [1.165, 1.54) is 6.08 Å². The molecule has 2 N–H and O–H groups in total. The van der Waals surface area contributed by atoms with Crippen molar-refractivity contribution in [2.75, 3.05) is 0 Å². The summed E-state index contributed by atoms with van der Waals surface area (Å²) < 4.78 is 0. The SMILES string of the molecule is C/C=C/C=C/C(=O)O.Oc1cccc2cccnc12.[KH]. The van der Waals surface area contributed by atoms with Crippen LogP contribution < -0.4 is 0 Å². The molecule has 0 radical (unpaired) electrons. The minimum absolute atomic E-state index is 0. The molecule has 20 heavy (non-hydrogen) atoms. The zero-order valence-electron chi connectivity index (χ0n) is 10.5. The van der Waals surface area contributed by atoms with Crippen LogP contribution in [0.15, 0.2) is 60.8 Å². The van der Waals surface area contributed by atoms with Crippen molar-refractivity contribution in [3.05, 3.63) is 60.8 Å². The van der Waals surface area contributed by atoms with Gasteiger partial charge in [0.15, 0.2) is 0 Å². The Morgan fingerprint density at radius 3 is 2.50 bits per heavy atom. The van der Waals surface area contributed by atoms with Gasteiger partial charge in [-0.15, -0.1) is 0 Å². The van der Waals surface area contributed by atoms with E-state index in [0.29, 0.717) is 5.52 Å². The van der Waals surface area contributed by atoms with Crippen molar-refractivity contribution in [3.8, 4) is 5.75 Å². The monoisotopic (exact) mass is 297 g/mol. The molecule has 5 heteroatoms. The molecule has 1 heterocycles. The summed E-state index contributed by atoms with van der Waals surface area (Å²) in [7, 11) is 0. The fraction of sp³-hybridized carbons (Fsp3) is 0.0667. The molecule has 1 aromatic heterocycles. The average molecular weight is 297 g/mol. The Morgan fingerprint density at radius 1 is 1.20 bits per heavy atom. The number of carboxylic acids is 1. The van der Waals surface area contributed by atoms with E-state index >= 15 is 0 Å². The van der Waals surface area contributed by atoms with Crippen LogP contribution >= 0.6 is 0 Å². The molecule has 0 unspecified atom stereocenters. The van der Waals surface area contributed by atoms with Crippen LogP contribution in [0.2, 0.25) is 0 Å². The second kappa shape index (κ2) is 10.8. The number of aromatic nitrogens is 1. The maximum atomic E-state index is 9.75. The molecule has 0 saturated heterocycles. The number of aromatic hydroxyl groups is 1. The summed E-state index contributed by atoms with van der Waals surface area (Å²) in [6, 6.07) is 9.13. The second-order valence-corrected chi connectivity index (χ2v) is 3.58. The van der Waals surface area contributed by atoms with Crippen LogP contribution in [-0.2, 0) is 4.79 Å². The van der Waals surface area contributed by atoms with Crippen LogP contribution in [0.25, 0.3) is 10.9 Å². The number of aliphatic carboxylic acids is 1. The maximum absolute atomic E-state index is 9.75. The van der Waals surface area contributed by atoms with Crippen molar-refractivity contribution in [2.24, 2.45) is 0 Å². The molecule has 0 aliphatic carbocycles. The molecule has 0 amide bonds. The fourth-order valence-electron chi connectivity index (χ4n) is 1.34. The normalized spacial score (nSPS) is 10.1. The molecule has 0 aliphatic heterocycles. The molecule has 2 rings (SSSR count). The van der Waals surface area contributed by atoms with E-state index in [4.69, 9.17) is 5.11 Å². The van der Waals surface area contributed by atoms with Gasteiger partial charge in [-0.05, 0) is 19.1 Å². The van der Waals surface area contributed by atoms with Crippen molar-refractivity contribution < 1.29 is 15.0 Å². The summed E-state index contributed by atoms with van der Waals surface area (Å²) in [5.74, 6) is -0.675. The summed E-state index contributed by atoms with van der Waals surface area (Å²) in [6.07, 6.45) is 7.65. The Bertz CT molecular complexity index is 604. The van der Waals surface area contributed by atoms with Gasteiger partial charge in [0.25, 0.3) is 0 Å². The molecule has 0 fully saturated rings. The molecule has 0 spiro atoms. The number of allylic oxidation sites excluding steroid dienone is 3. The summed E-state index contributed by atoms with van der Waals surface area (Å²) >= 11 is 0. The van der Waals surface area contributed by atoms with Gasteiger partial charge in [-0.2, -0.15) is 0 Å². The number of hydrogen-bond acceptors (Lipinski definition) is 3. The number of nitrogens with zero attached hydrogens (tertiary/aromatic N) is 1. The number of rotatable bonds is 2. The first-order valence-electron chi connectivity index (χ1n) is 5.70. The van der Waals surface area contributed by atoms with Gasteiger partial charge >= 0.3 is 57.4 Å². The number of phenolic OH excluding ortho intramolecular Hbond substituents is 1. The number of benzene rings is 1. The molecule has 0 saturated carbocycles. The average Bonchev–Trinajstić information content (AvgIpc) is 2.40. The zero-order chi connectivity index (χ0) is 14.1. The van der Waals surface area contributed by atoms with Gasteiger partial charge in [-0.3, -0.25) is 4.98 Å². The molecule has 4 nitrogen and oxygen atoms in total. The van der Waals surface area contributed by atoms with E-state index in [9.17, 15) is 9.90 Å². The molecule has 0 aliphatic rings. The van der Waals surface area contributed by atoms with Gasteiger partial charge in [-0.25, -0.2) is 4.79 Å². The van der Waals surface area contributed by atoms with Gasteiger partial charge < -0.3 is 10.2 Å². The molecule has 100 valence electrons. The predicted molar refractivity (Wildman–Crippen MR) is 82.1 cm³/mol. The molecule has 0 bridgehead atoms. The van der Waals surface area contributed by atoms with Gasteiger partial charge in [0, 0.05) is 17.7 Å². The van der Waals surface area contributed by atoms with Crippen molar-refractivity contribution in [1.82, 2.24) is 4.98 Å². The van der Waals surface area contributed by atoms with Gasteiger partial charge in [-0.1, -0.05) is 36.4 Å².